The van der Waals surface area contributed by atoms with Gasteiger partial charge in [-0.2, -0.15) is 0 Å². The van der Waals surface area contributed by atoms with Gasteiger partial charge in [0.2, 0.25) is 0 Å². The van der Waals surface area contributed by atoms with Crippen molar-refractivity contribution in [2.45, 2.75) is 0 Å². The van der Waals surface area contributed by atoms with E-state index in [9.17, 15) is 0 Å². The molecule has 1 aliphatic heterocycles. The predicted octanol–water partition coefficient (Wildman–Crippen LogP) is 6.35. The first-order chi connectivity index (χ1) is 16.4. The van der Waals surface area contributed by atoms with Crippen molar-refractivity contribution in [3.8, 4) is 22.3 Å². The van der Waals surface area contributed by atoms with Gasteiger partial charge in [0.25, 0.3) is 0 Å². The normalized spacial score (nSPS) is 14.1. The zero-order valence-corrected chi connectivity index (χ0v) is 19.1. The summed E-state index contributed by atoms with van der Waals surface area (Å²) < 4.78 is 0. The van der Waals surface area contributed by atoms with Crippen LogP contribution in [-0.2, 0) is 0 Å². The highest BCUT2D eigenvalue weighted by Gasteiger charge is 2.22. The maximum Gasteiger partial charge on any atom is 0.141 e. The number of hydrogen-bond acceptors (Lipinski definition) is 5. The van der Waals surface area contributed by atoms with E-state index in [0.717, 1.165) is 36.8 Å². The Morgan fingerprint density at radius 3 is 1.94 bits per heavy atom. The fourth-order valence-electron chi connectivity index (χ4n) is 4.60. The van der Waals surface area contributed by atoms with E-state index in [4.69, 9.17) is 4.98 Å². The number of benzene rings is 3. The monoisotopic (exact) mass is 448 g/mol. The lowest BCUT2D eigenvalue weighted by Gasteiger charge is -2.37. The first kappa shape index (κ1) is 19.9. The summed E-state index contributed by atoms with van der Waals surface area (Å²) in [6.07, 6.45) is 1.71. The number of hydrogen-bond donors (Lipinski definition) is 0. The molecule has 0 unspecified atom stereocenters. The van der Waals surface area contributed by atoms with Gasteiger partial charge >= 0.3 is 0 Å². The van der Waals surface area contributed by atoms with Crippen molar-refractivity contribution >= 4 is 33.1 Å². The zero-order valence-electron chi connectivity index (χ0n) is 18.3. The van der Waals surface area contributed by atoms with Crippen molar-refractivity contribution in [2.24, 2.45) is 0 Å². The smallest absolute Gasteiger partial charge is 0.141 e. The van der Waals surface area contributed by atoms with Crippen molar-refractivity contribution in [2.75, 3.05) is 36.0 Å². The molecule has 33 heavy (non-hydrogen) atoms. The van der Waals surface area contributed by atoms with E-state index in [1.807, 2.05) is 0 Å². The van der Waals surface area contributed by atoms with Crippen LogP contribution < -0.4 is 9.80 Å². The van der Waals surface area contributed by atoms with E-state index in [1.54, 1.807) is 17.7 Å². The average Bonchev–Trinajstić information content (AvgIpc) is 3.34. The largest absolute Gasteiger partial charge is 0.368 e. The van der Waals surface area contributed by atoms with Gasteiger partial charge in [-0.25, -0.2) is 9.97 Å². The molecule has 0 radical (unpaired) electrons. The number of rotatable bonds is 4. The van der Waals surface area contributed by atoms with Crippen molar-refractivity contribution in [3.05, 3.63) is 96.6 Å². The maximum atomic E-state index is 4.75. The number of fused-ring (bicyclic) bond motifs is 1. The molecule has 1 aliphatic rings. The number of nitrogens with zero attached hydrogens (tertiary/aromatic N) is 4. The molecule has 0 N–H and O–H groups in total. The minimum absolute atomic E-state index is 0.948. The molecule has 5 aromatic rings. The standard InChI is InChI=1S/C28H24N4S/c1-3-7-21(8-4-1)22-11-13-23(14-12-22)25-19-33-28-26(25)27(29-20-30-28)32-17-15-31(16-18-32)24-9-5-2-6-10-24/h1-14,19-20H,15-18H2. The zero-order chi connectivity index (χ0) is 22.0. The molecule has 2 aromatic heterocycles. The van der Waals surface area contributed by atoms with Gasteiger partial charge in [-0.05, 0) is 28.8 Å². The van der Waals surface area contributed by atoms with E-state index in [2.05, 4.69) is 105 Å². The van der Waals surface area contributed by atoms with Crippen molar-refractivity contribution in [3.63, 3.8) is 0 Å². The van der Waals surface area contributed by atoms with Crippen molar-refractivity contribution in [1.82, 2.24) is 9.97 Å². The highest BCUT2D eigenvalue weighted by Crippen LogP contribution is 2.38. The number of anilines is 2. The maximum absolute atomic E-state index is 4.75. The number of thiophene rings is 1. The summed E-state index contributed by atoms with van der Waals surface area (Å²) in [4.78, 5) is 15.2. The average molecular weight is 449 g/mol. The summed E-state index contributed by atoms with van der Waals surface area (Å²) >= 11 is 1.70. The molecule has 6 rings (SSSR count). The predicted molar refractivity (Wildman–Crippen MR) is 139 cm³/mol. The van der Waals surface area contributed by atoms with Crippen LogP contribution in [0.4, 0.5) is 11.5 Å². The molecule has 0 amide bonds. The van der Waals surface area contributed by atoms with Crippen LogP contribution in [0, 0.1) is 0 Å². The minimum atomic E-state index is 0.948. The second-order valence-corrected chi connectivity index (χ2v) is 9.14. The van der Waals surface area contributed by atoms with Gasteiger partial charge in [-0.1, -0.05) is 72.8 Å². The summed E-state index contributed by atoms with van der Waals surface area (Å²) in [7, 11) is 0. The van der Waals surface area contributed by atoms with Gasteiger partial charge in [0.1, 0.15) is 17.0 Å². The van der Waals surface area contributed by atoms with E-state index in [-0.39, 0.29) is 0 Å². The van der Waals surface area contributed by atoms with Crippen molar-refractivity contribution < 1.29 is 0 Å². The van der Waals surface area contributed by atoms with Crippen LogP contribution in [0.25, 0.3) is 32.5 Å². The Hall–Kier alpha value is -3.70. The Kier molecular flexibility index (Phi) is 5.25. The topological polar surface area (TPSA) is 32.3 Å². The molecule has 1 saturated heterocycles. The van der Waals surface area contributed by atoms with Gasteiger partial charge in [0.05, 0.1) is 5.39 Å². The molecule has 0 spiro atoms. The van der Waals surface area contributed by atoms with Crippen LogP contribution in [0.5, 0.6) is 0 Å². The van der Waals surface area contributed by atoms with E-state index >= 15 is 0 Å². The summed E-state index contributed by atoms with van der Waals surface area (Å²) in [6.45, 7) is 3.87. The number of aromatic nitrogens is 2. The SMILES string of the molecule is c1ccc(-c2ccc(-c3csc4ncnc(N5CCN(c6ccccc6)CC5)c34)cc2)cc1. The van der Waals surface area contributed by atoms with E-state index < -0.39 is 0 Å². The van der Waals surface area contributed by atoms with Crippen LogP contribution >= 0.6 is 11.3 Å². The molecule has 162 valence electrons. The van der Waals surface area contributed by atoms with Crippen LogP contribution in [0.2, 0.25) is 0 Å². The molecule has 3 aromatic carbocycles. The molecule has 0 saturated carbocycles. The highest BCUT2D eigenvalue weighted by molar-refractivity contribution is 7.17. The lowest BCUT2D eigenvalue weighted by Crippen LogP contribution is -2.46. The first-order valence-corrected chi connectivity index (χ1v) is 12.2. The quantitative estimate of drug-likeness (QED) is 0.321. The van der Waals surface area contributed by atoms with Gasteiger partial charge in [0, 0.05) is 42.8 Å². The summed E-state index contributed by atoms with van der Waals surface area (Å²) in [5.74, 6) is 1.05. The number of para-hydroxylation sites is 1. The molecular formula is C28H24N4S. The molecule has 4 nitrogen and oxygen atoms in total. The van der Waals surface area contributed by atoms with Gasteiger partial charge in [-0.3, -0.25) is 0 Å². The van der Waals surface area contributed by atoms with Crippen LogP contribution in [0.15, 0.2) is 96.6 Å². The Morgan fingerprint density at radius 2 is 1.21 bits per heavy atom. The molecule has 5 heteroatoms. The van der Waals surface area contributed by atoms with E-state index in [0.29, 0.717) is 0 Å². The molecule has 1 fully saturated rings. The second kappa shape index (κ2) is 8.68. The van der Waals surface area contributed by atoms with Crippen molar-refractivity contribution in [1.29, 1.82) is 0 Å². The van der Waals surface area contributed by atoms with Gasteiger partial charge in [0.15, 0.2) is 0 Å². The Balaban J connectivity index is 1.30. The molecule has 0 bridgehead atoms. The minimum Gasteiger partial charge on any atom is -0.368 e. The lowest BCUT2D eigenvalue weighted by molar-refractivity contribution is 0.649. The lowest BCUT2D eigenvalue weighted by atomic mass is 10.0. The van der Waals surface area contributed by atoms with Crippen LogP contribution in [0.3, 0.4) is 0 Å². The van der Waals surface area contributed by atoms with E-state index in [1.165, 1.54) is 33.3 Å². The number of piperazine rings is 1. The molecule has 0 aliphatic carbocycles. The highest BCUT2D eigenvalue weighted by atomic mass is 32.1. The fourth-order valence-corrected chi connectivity index (χ4v) is 5.51. The van der Waals surface area contributed by atoms with Gasteiger partial charge in [-0.15, -0.1) is 11.3 Å². The summed E-state index contributed by atoms with van der Waals surface area (Å²) in [5.41, 5.74) is 6.18. The molecule has 3 heterocycles. The molecule has 0 atom stereocenters. The van der Waals surface area contributed by atoms with Gasteiger partial charge < -0.3 is 9.80 Å². The fraction of sp³-hybridized carbons (Fsp3) is 0.143. The first-order valence-electron chi connectivity index (χ1n) is 11.3. The summed E-state index contributed by atoms with van der Waals surface area (Å²) in [5, 5.41) is 3.39. The third kappa shape index (κ3) is 3.85. The van der Waals surface area contributed by atoms with Crippen LogP contribution in [-0.4, -0.2) is 36.1 Å². The van der Waals surface area contributed by atoms with Crippen LogP contribution in [0.1, 0.15) is 0 Å². The Bertz CT molecular complexity index is 1360. The Morgan fingerprint density at radius 1 is 0.606 bits per heavy atom. The summed E-state index contributed by atoms with van der Waals surface area (Å²) in [6, 6.07) is 30.0. The third-order valence-electron chi connectivity index (χ3n) is 6.35. The third-order valence-corrected chi connectivity index (χ3v) is 7.24. The second-order valence-electron chi connectivity index (χ2n) is 8.28. The molecular weight excluding hydrogens is 424 g/mol. The Labute approximate surface area is 197 Å².